The lowest BCUT2D eigenvalue weighted by atomic mass is 10.1. The molecule has 54 heavy (non-hydrogen) atoms. The Bertz CT molecular complexity index is 2320. The van der Waals surface area contributed by atoms with Crippen LogP contribution in [0.25, 0.3) is 43.6 Å². The Morgan fingerprint density at radius 1 is 0.519 bits per heavy atom. The van der Waals surface area contributed by atoms with Crippen molar-refractivity contribution in [3.63, 3.8) is 0 Å². The summed E-state index contributed by atoms with van der Waals surface area (Å²) in [6, 6.07) is 44.0. The predicted octanol–water partition coefficient (Wildman–Crippen LogP) is 10.3. The lowest BCUT2D eigenvalue weighted by Crippen LogP contribution is -2.26. The van der Waals surface area contributed by atoms with Gasteiger partial charge in [-0.3, -0.25) is 14.9 Å². The number of rotatable bonds is 16. The van der Waals surface area contributed by atoms with Crippen LogP contribution in [0.4, 0.5) is 0 Å². The third kappa shape index (κ3) is 7.54. The van der Waals surface area contributed by atoms with Gasteiger partial charge in [-0.2, -0.15) is 0 Å². The minimum atomic E-state index is 0.702. The summed E-state index contributed by atoms with van der Waals surface area (Å²) in [5, 5.41) is 5.20. The van der Waals surface area contributed by atoms with E-state index in [1.807, 2.05) is 0 Å². The van der Waals surface area contributed by atoms with E-state index < -0.39 is 0 Å². The van der Waals surface area contributed by atoms with Crippen LogP contribution in [0, 0.1) is 13.8 Å². The molecule has 0 unspecified atom stereocenters. The van der Waals surface area contributed by atoms with Crippen molar-refractivity contribution in [2.45, 2.75) is 78.6 Å². The Morgan fingerprint density at radius 3 is 1.43 bits per heavy atom. The number of aryl methyl sites for hydroxylation is 6. The standard InChI is InChI=1S/C48H52N6/c1-35-47-43(41-23-9-11-25-45(41)53(47)29-15-21-37-17-5-3-6-18-37)31-39(50-35)33-52(28-14-13-27-49)34-40-32-44-42-24-10-12-26-46(42)54(48(44)36(2)51-40)30-16-22-38-19-7-4-8-20-38/h3-12,17-20,23-26,31-32H,13-16,21-22,27-30,33-34,49H2,1-2H3. The van der Waals surface area contributed by atoms with Crippen LogP contribution in [-0.4, -0.2) is 37.1 Å². The van der Waals surface area contributed by atoms with Crippen molar-refractivity contribution >= 4 is 43.6 Å². The SMILES string of the molecule is Cc1nc(CN(CCCCN)Cc2cc3c4ccccc4n(CCCc4ccccc4)c3c(C)n2)cc2c3ccccc3n(CCCc3ccccc3)c12. The van der Waals surface area contributed by atoms with Gasteiger partial charge in [-0.1, -0.05) is 97.1 Å². The smallest absolute Gasteiger partial charge is 0.0707 e. The first-order valence-electron chi connectivity index (χ1n) is 19.8. The van der Waals surface area contributed by atoms with Gasteiger partial charge in [0.15, 0.2) is 0 Å². The number of pyridine rings is 2. The van der Waals surface area contributed by atoms with E-state index in [1.165, 1.54) is 54.7 Å². The van der Waals surface area contributed by atoms with E-state index in [0.29, 0.717) is 6.54 Å². The van der Waals surface area contributed by atoms with Crippen LogP contribution in [0.15, 0.2) is 121 Å². The number of aromatic nitrogens is 4. The molecule has 0 saturated heterocycles. The fourth-order valence-electron chi connectivity index (χ4n) is 8.62. The molecule has 0 bridgehead atoms. The van der Waals surface area contributed by atoms with Crippen LogP contribution >= 0.6 is 0 Å². The second kappa shape index (κ2) is 16.4. The van der Waals surface area contributed by atoms with Gasteiger partial charge in [0.05, 0.1) is 33.8 Å². The number of hydrogen-bond acceptors (Lipinski definition) is 4. The normalized spacial score (nSPS) is 11.9. The molecular weight excluding hydrogens is 661 g/mol. The molecule has 0 fully saturated rings. The van der Waals surface area contributed by atoms with E-state index in [4.69, 9.17) is 15.7 Å². The highest BCUT2D eigenvalue weighted by Gasteiger charge is 2.19. The number of benzene rings is 4. The van der Waals surface area contributed by atoms with Crippen LogP contribution in [0.1, 0.15) is 59.6 Å². The lowest BCUT2D eigenvalue weighted by molar-refractivity contribution is 0.246. The molecule has 8 rings (SSSR count). The van der Waals surface area contributed by atoms with E-state index in [2.05, 4.69) is 149 Å². The quantitative estimate of drug-likeness (QED) is 0.101. The Morgan fingerprint density at radius 2 is 0.963 bits per heavy atom. The molecule has 274 valence electrons. The molecule has 4 aromatic carbocycles. The third-order valence-corrected chi connectivity index (χ3v) is 11.0. The number of para-hydroxylation sites is 2. The molecule has 4 aromatic heterocycles. The predicted molar refractivity (Wildman–Crippen MR) is 226 cm³/mol. The van der Waals surface area contributed by atoms with Crippen LogP contribution in [0.3, 0.4) is 0 Å². The first-order valence-corrected chi connectivity index (χ1v) is 19.8. The van der Waals surface area contributed by atoms with Crippen molar-refractivity contribution in [3.05, 3.63) is 155 Å². The molecule has 2 N–H and O–H groups in total. The number of fused-ring (bicyclic) bond motifs is 6. The monoisotopic (exact) mass is 712 g/mol. The zero-order valence-electron chi connectivity index (χ0n) is 31.8. The summed E-state index contributed by atoms with van der Waals surface area (Å²) in [7, 11) is 0. The first-order chi connectivity index (χ1) is 26.6. The highest BCUT2D eigenvalue weighted by Crippen LogP contribution is 2.34. The van der Waals surface area contributed by atoms with Crippen molar-refractivity contribution in [2.75, 3.05) is 13.1 Å². The Kier molecular flexibility index (Phi) is 10.8. The maximum absolute atomic E-state index is 5.98. The summed E-state index contributed by atoms with van der Waals surface area (Å²) >= 11 is 0. The molecule has 0 aliphatic heterocycles. The summed E-state index contributed by atoms with van der Waals surface area (Å²) in [5.74, 6) is 0. The summed E-state index contributed by atoms with van der Waals surface area (Å²) in [6.07, 6.45) is 6.32. The maximum atomic E-state index is 5.98. The van der Waals surface area contributed by atoms with E-state index >= 15 is 0 Å². The molecule has 8 aromatic rings. The maximum Gasteiger partial charge on any atom is 0.0707 e. The highest BCUT2D eigenvalue weighted by atomic mass is 15.1. The third-order valence-electron chi connectivity index (χ3n) is 11.0. The van der Waals surface area contributed by atoms with Gasteiger partial charge in [0.2, 0.25) is 0 Å². The molecule has 6 heteroatoms. The molecule has 6 nitrogen and oxygen atoms in total. The van der Waals surface area contributed by atoms with Crippen LogP contribution in [0.5, 0.6) is 0 Å². The molecule has 0 spiro atoms. The van der Waals surface area contributed by atoms with Gasteiger partial charge in [0.1, 0.15) is 0 Å². The second-order valence-corrected chi connectivity index (χ2v) is 14.9. The van der Waals surface area contributed by atoms with Crippen LogP contribution in [-0.2, 0) is 39.0 Å². The van der Waals surface area contributed by atoms with Gasteiger partial charge < -0.3 is 14.9 Å². The van der Waals surface area contributed by atoms with Gasteiger partial charge in [-0.05, 0) is 101 Å². The largest absolute Gasteiger partial charge is 0.339 e. The van der Waals surface area contributed by atoms with Crippen molar-refractivity contribution < 1.29 is 0 Å². The molecule has 0 aliphatic rings. The number of nitrogens with two attached hydrogens (primary N) is 1. The van der Waals surface area contributed by atoms with E-state index in [9.17, 15) is 0 Å². The fraction of sp³-hybridized carbons (Fsp3) is 0.292. The molecule has 4 heterocycles. The lowest BCUT2D eigenvalue weighted by Gasteiger charge is -2.22. The number of unbranched alkanes of at least 4 members (excludes halogenated alkanes) is 1. The number of hydrogen-bond donors (Lipinski definition) is 1. The minimum absolute atomic E-state index is 0.702. The topological polar surface area (TPSA) is 64.9 Å². The van der Waals surface area contributed by atoms with Crippen molar-refractivity contribution in [1.29, 1.82) is 0 Å². The average Bonchev–Trinajstić information content (AvgIpc) is 3.68. The molecule has 0 aliphatic carbocycles. The van der Waals surface area contributed by atoms with Crippen LogP contribution in [0.2, 0.25) is 0 Å². The van der Waals surface area contributed by atoms with Gasteiger partial charge in [-0.15, -0.1) is 0 Å². The second-order valence-electron chi connectivity index (χ2n) is 14.9. The van der Waals surface area contributed by atoms with Gasteiger partial charge in [0.25, 0.3) is 0 Å². The van der Waals surface area contributed by atoms with Crippen molar-refractivity contribution in [1.82, 2.24) is 24.0 Å². The van der Waals surface area contributed by atoms with E-state index in [-0.39, 0.29) is 0 Å². The zero-order chi connectivity index (χ0) is 36.9. The fourth-order valence-corrected chi connectivity index (χ4v) is 8.62. The van der Waals surface area contributed by atoms with Gasteiger partial charge >= 0.3 is 0 Å². The summed E-state index contributed by atoms with van der Waals surface area (Å²) in [6.45, 7) is 9.46. The molecule has 0 radical (unpaired) electrons. The van der Waals surface area contributed by atoms with Crippen molar-refractivity contribution in [3.8, 4) is 0 Å². The van der Waals surface area contributed by atoms with Gasteiger partial charge in [-0.25, -0.2) is 0 Å². The van der Waals surface area contributed by atoms with E-state index in [1.54, 1.807) is 0 Å². The van der Waals surface area contributed by atoms with E-state index in [0.717, 1.165) is 94.0 Å². The molecule has 0 atom stereocenters. The van der Waals surface area contributed by atoms with Gasteiger partial charge in [0, 0.05) is 58.8 Å². The molecule has 0 saturated carbocycles. The Labute approximate surface area is 319 Å². The molecule has 0 amide bonds. The minimum Gasteiger partial charge on any atom is -0.339 e. The Balaban J connectivity index is 1.08. The number of nitrogens with zero attached hydrogens (tertiary/aromatic N) is 5. The highest BCUT2D eigenvalue weighted by molar-refractivity contribution is 6.09. The molecular formula is C48H52N6. The average molecular weight is 713 g/mol. The van der Waals surface area contributed by atoms with Crippen molar-refractivity contribution in [2.24, 2.45) is 5.73 Å². The zero-order valence-corrected chi connectivity index (χ0v) is 31.8. The Hall–Kier alpha value is -5.30. The summed E-state index contributed by atoms with van der Waals surface area (Å²) in [5.41, 5.74) is 18.2. The first kappa shape index (κ1) is 35.7. The summed E-state index contributed by atoms with van der Waals surface area (Å²) in [4.78, 5) is 13.1. The van der Waals surface area contributed by atoms with Crippen LogP contribution < -0.4 is 5.73 Å². The summed E-state index contributed by atoms with van der Waals surface area (Å²) < 4.78 is 5.00.